The first-order chi connectivity index (χ1) is 8.70. The summed E-state index contributed by atoms with van der Waals surface area (Å²) in [5.41, 5.74) is 10.0. The molecule has 1 atom stereocenters. The van der Waals surface area contributed by atoms with E-state index in [9.17, 15) is 0 Å². The van der Waals surface area contributed by atoms with Crippen LogP contribution in [0.1, 0.15) is 42.4 Å². The van der Waals surface area contributed by atoms with Gasteiger partial charge < -0.3 is 5.73 Å². The molecule has 19 heavy (non-hydrogen) atoms. The van der Waals surface area contributed by atoms with E-state index in [4.69, 9.17) is 5.73 Å². The summed E-state index contributed by atoms with van der Waals surface area (Å²) in [6, 6.07) is 7.48. The van der Waals surface area contributed by atoms with Crippen molar-refractivity contribution in [2.75, 3.05) is 13.1 Å². The summed E-state index contributed by atoms with van der Waals surface area (Å²) in [5, 5.41) is 0. The molecule has 1 heterocycles. The van der Waals surface area contributed by atoms with Crippen LogP contribution in [0.2, 0.25) is 0 Å². The number of piperidine rings is 1. The monoisotopic (exact) mass is 282 g/mol. The summed E-state index contributed by atoms with van der Waals surface area (Å²) in [5.74, 6) is 0. The Morgan fingerprint density at radius 2 is 2.05 bits per heavy atom. The minimum Gasteiger partial charge on any atom is -0.330 e. The van der Waals surface area contributed by atoms with E-state index in [-0.39, 0.29) is 12.4 Å². The van der Waals surface area contributed by atoms with E-state index in [1.807, 2.05) is 0 Å². The maximum absolute atomic E-state index is 5.74. The average molecular weight is 283 g/mol. The number of rotatable bonds is 4. The van der Waals surface area contributed by atoms with Crippen LogP contribution in [0, 0.1) is 13.8 Å². The molecule has 0 amide bonds. The topological polar surface area (TPSA) is 29.3 Å². The quantitative estimate of drug-likeness (QED) is 0.917. The zero-order valence-corrected chi connectivity index (χ0v) is 13.0. The summed E-state index contributed by atoms with van der Waals surface area (Å²) in [6.07, 6.45) is 5.17. The van der Waals surface area contributed by atoms with E-state index in [0.717, 1.165) is 19.5 Å². The van der Waals surface area contributed by atoms with Crippen molar-refractivity contribution in [2.24, 2.45) is 5.73 Å². The molecule has 1 aromatic carbocycles. The van der Waals surface area contributed by atoms with Crippen LogP contribution >= 0.6 is 12.4 Å². The minimum absolute atomic E-state index is 0. The van der Waals surface area contributed by atoms with Crippen molar-refractivity contribution in [1.29, 1.82) is 0 Å². The van der Waals surface area contributed by atoms with Crippen LogP contribution < -0.4 is 5.73 Å². The Hall–Kier alpha value is -0.570. The number of hydrogen-bond acceptors (Lipinski definition) is 2. The molecule has 0 bridgehead atoms. The van der Waals surface area contributed by atoms with Crippen molar-refractivity contribution in [1.82, 2.24) is 4.90 Å². The van der Waals surface area contributed by atoms with E-state index in [1.54, 1.807) is 0 Å². The zero-order chi connectivity index (χ0) is 13.0. The molecule has 2 rings (SSSR count). The van der Waals surface area contributed by atoms with Gasteiger partial charge in [-0.25, -0.2) is 0 Å². The molecule has 0 spiro atoms. The molecular weight excluding hydrogens is 256 g/mol. The first-order valence-corrected chi connectivity index (χ1v) is 7.21. The Balaban J connectivity index is 0.00000180. The second-order valence-electron chi connectivity index (χ2n) is 5.63. The van der Waals surface area contributed by atoms with Gasteiger partial charge in [-0.1, -0.05) is 30.2 Å². The highest BCUT2D eigenvalue weighted by Crippen LogP contribution is 2.23. The number of nitrogens with zero attached hydrogens (tertiary/aromatic N) is 1. The van der Waals surface area contributed by atoms with Crippen molar-refractivity contribution in [2.45, 2.75) is 52.1 Å². The molecular formula is C16H27ClN2. The van der Waals surface area contributed by atoms with Crippen LogP contribution in [-0.2, 0) is 6.54 Å². The highest BCUT2D eigenvalue weighted by molar-refractivity contribution is 5.85. The maximum atomic E-state index is 5.74. The third kappa shape index (κ3) is 4.48. The van der Waals surface area contributed by atoms with Gasteiger partial charge in [0.2, 0.25) is 0 Å². The first kappa shape index (κ1) is 16.5. The first-order valence-electron chi connectivity index (χ1n) is 7.21. The average Bonchev–Trinajstić information content (AvgIpc) is 2.36. The number of likely N-dealkylation sites (tertiary alicyclic amines) is 1. The molecule has 108 valence electrons. The van der Waals surface area contributed by atoms with Crippen molar-refractivity contribution in [3.8, 4) is 0 Å². The van der Waals surface area contributed by atoms with Gasteiger partial charge in [-0.05, 0) is 57.3 Å². The van der Waals surface area contributed by atoms with Crippen molar-refractivity contribution in [3.63, 3.8) is 0 Å². The van der Waals surface area contributed by atoms with Crippen molar-refractivity contribution in [3.05, 3.63) is 34.9 Å². The molecule has 1 unspecified atom stereocenters. The number of hydrogen-bond donors (Lipinski definition) is 1. The molecule has 1 aromatic rings. The van der Waals surface area contributed by atoms with Crippen LogP contribution in [0.5, 0.6) is 0 Å². The van der Waals surface area contributed by atoms with Gasteiger partial charge in [0.25, 0.3) is 0 Å². The van der Waals surface area contributed by atoms with Crippen LogP contribution in [0.3, 0.4) is 0 Å². The van der Waals surface area contributed by atoms with E-state index < -0.39 is 0 Å². The Kier molecular flexibility index (Phi) is 6.84. The molecule has 0 aromatic heterocycles. The molecule has 0 radical (unpaired) electrons. The summed E-state index contributed by atoms with van der Waals surface area (Å²) in [7, 11) is 0. The minimum atomic E-state index is 0. The molecule has 1 aliphatic heterocycles. The normalized spacial score (nSPS) is 20.1. The molecule has 0 aliphatic carbocycles. The predicted octanol–water partition coefficient (Wildman–Crippen LogP) is 3.43. The fourth-order valence-electron chi connectivity index (χ4n) is 2.98. The van der Waals surface area contributed by atoms with Gasteiger partial charge in [0.1, 0.15) is 0 Å². The fraction of sp³-hybridized carbons (Fsp3) is 0.625. The zero-order valence-electron chi connectivity index (χ0n) is 12.2. The van der Waals surface area contributed by atoms with Crippen LogP contribution in [0.25, 0.3) is 0 Å². The third-order valence-electron chi connectivity index (χ3n) is 4.13. The van der Waals surface area contributed by atoms with Crippen molar-refractivity contribution < 1.29 is 0 Å². The van der Waals surface area contributed by atoms with Gasteiger partial charge in [-0.2, -0.15) is 0 Å². The summed E-state index contributed by atoms with van der Waals surface area (Å²) in [4.78, 5) is 2.64. The smallest absolute Gasteiger partial charge is 0.0239 e. The fourth-order valence-corrected chi connectivity index (χ4v) is 2.98. The SMILES string of the molecule is Cc1ccc(C)c(CN2CCCCC2CCN)c1.Cl. The van der Waals surface area contributed by atoms with Gasteiger partial charge in [0.15, 0.2) is 0 Å². The van der Waals surface area contributed by atoms with Crippen molar-refractivity contribution >= 4 is 12.4 Å². The van der Waals surface area contributed by atoms with Gasteiger partial charge in [0.05, 0.1) is 0 Å². The lowest BCUT2D eigenvalue weighted by Crippen LogP contribution is -2.40. The summed E-state index contributed by atoms with van der Waals surface area (Å²) >= 11 is 0. The Bertz CT molecular complexity index is 390. The Morgan fingerprint density at radius 1 is 1.26 bits per heavy atom. The summed E-state index contributed by atoms with van der Waals surface area (Å²) in [6.45, 7) is 7.54. The lowest BCUT2D eigenvalue weighted by Gasteiger charge is -2.36. The predicted molar refractivity (Wildman–Crippen MR) is 84.9 cm³/mol. The van der Waals surface area contributed by atoms with Gasteiger partial charge in [0, 0.05) is 12.6 Å². The molecule has 2 N–H and O–H groups in total. The number of halogens is 1. The standard InChI is InChI=1S/C16H26N2.ClH/c1-13-6-7-14(2)15(11-13)12-18-10-4-3-5-16(18)8-9-17;/h6-7,11,16H,3-5,8-10,12,17H2,1-2H3;1H. The van der Waals surface area contributed by atoms with E-state index in [0.29, 0.717) is 6.04 Å². The Morgan fingerprint density at radius 3 is 2.79 bits per heavy atom. The third-order valence-corrected chi connectivity index (χ3v) is 4.13. The van der Waals surface area contributed by atoms with Gasteiger partial charge in [-0.3, -0.25) is 4.90 Å². The summed E-state index contributed by atoms with van der Waals surface area (Å²) < 4.78 is 0. The molecule has 3 heteroatoms. The molecule has 1 saturated heterocycles. The molecule has 1 aliphatic rings. The number of aryl methyl sites for hydroxylation is 2. The van der Waals surface area contributed by atoms with E-state index in [1.165, 1.54) is 42.5 Å². The van der Waals surface area contributed by atoms with E-state index >= 15 is 0 Å². The molecule has 1 fully saturated rings. The second-order valence-corrected chi connectivity index (χ2v) is 5.63. The largest absolute Gasteiger partial charge is 0.330 e. The van der Waals surface area contributed by atoms with E-state index in [2.05, 4.69) is 36.9 Å². The molecule has 0 saturated carbocycles. The second kappa shape index (κ2) is 7.88. The highest BCUT2D eigenvalue weighted by atomic mass is 35.5. The van der Waals surface area contributed by atoms with Crippen LogP contribution in [-0.4, -0.2) is 24.0 Å². The van der Waals surface area contributed by atoms with Crippen LogP contribution in [0.15, 0.2) is 18.2 Å². The maximum Gasteiger partial charge on any atom is 0.0239 e. The van der Waals surface area contributed by atoms with Gasteiger partial charge in [-0.15, -0.1) is 12.4 Å². The Labute approximate surface area is 123 Å². The molecule has 2 nitrogen and oxygen atoms in total. The highest BCUT2D eigenvalue weighted by Gasteiger charge is 2.21. The van der Waals surface area contributed by atoms with Gasteiger partial charge >= 0.3 is 0 Å². The number of nitrogens with two attached hydrogens (primary N) is 1. The van der Waals surface area contributed by atoms with Crippen LogP contribution in [0.4, 0.5) is 0 Å². The lowest BCUT2D eigenvalue weighted by molar-refractivity contribution is 0.134. The lowest BCUT2D eigenvalue weighted by atomic mass is 9.97. The number of benzene rings is 1.